The zero-order valence-electron chi connectivity index (χ0n) is 15.5. The third-order valence-corrected chi connectivity index (χ3v) is 5.35. The Balaban J connectivity index is 1.95. The van der Waals surface area contributed by atoms with Crippen molar-refractivity contribution in [3.63, 3.8) is 0 Å². The molecule has 0 aliphatic heterocycles. The smallest absolute Gasteiger partial charge is 0.242 e. The molecule has 0 saturated heterocycles. The van der Waals surface area contributed by atoms with Gasteiger partial charge in [0.15, 0.2) is 5.65 Å². The molecule has 0 aromatic carbocycles. The minimum Gasteiger partial charge on any atom is -0.490 e. The van der Waals surface area contributed by atoms with Gasteiger partial charge in [-0.3, -0.25) is 9.12 Å². The number of rotatable bonds is 9. The average molecular weight is 378 g/mol. The molecular weight excluding hydrogens is 352 g/mol. The number of aromatic nitrogens is 3. The fraction of sp³-hybridized carbons (Fsp3) is 0.556. The Labute approximate surface area is 154 Å². The predicted molar refractivity (Wildman–Crippen MR) is 102 cm³/mol. The largest absolute Gasteiger partial charge is 0.490 e. The highest BCUT2D eigenvalue weighted by atomic mass is 32.2. The van der Waals surface area contributed by atoms with Crippen molar-refractivity contribution in [2.45, 2.75) is 51.6 Å². The molecule has 1 aliphatic carbocycles. The summed E-state index contributed by atoms with van der Waals surface area (Å²) in [5.41, 5.74) is 1.63. The zero-order valence-corrected chi connectivity index (χ0v) is 16.3. The standard InChI is InChI=1S/C18H26N4O3S/c1-5-7-13(6-2)12(3)25-16-10-17-19-20-18(21-26(4,23)24)22(17)11-15(16)14-8-9-14/h5,10-14H,1,6-9H2,2-4H3,(H,20,21). The fourth-order valence-electron chi connectivity index (χ4n) is 3.17. The number of hydrogen-bond donors (Lipinski definition) is 1. The van der Waals surface area contributed by atoms with Crippen LogP contribution in [0.1, 0.15) is 51.0 Å². The monoisotopic (exact) mass is 378 g/mol. The van der Waals surface area contributed by atoms with E-state index in [1.165, 1.54) is 0 Å². The van der Waals surface area contributed by atoms with Gasteiger partial charge in [0.2, 0.25) is 16.0 Å². The second kappa shape index (κ2) is 7.26. The molecule has 2 aromatic rings. The summed E-state index contributed by atoms with van der Waals surface area (Å²) in [4.78, 5) is 0. The number of nitrogens with one attached hydrogen (secondary N) is 1. The van der Waals surface area contributed by atoms with Crippen LogP contribution in [-0.2, 0) is 10.0 Å². The summed E-state index contributed by atoms with van der Waals surface area (Å²) in [5.74, 6) is 1.85. The van der Waals surface area contributed by atoms with Crippen LogP contribution in [0.25, 0.3) is 5.65 Å². The third-order valence-electron chi connectivity index (χ3n) is 4.80. The summed E-state index contributed by atoms with van der Waals surface area (Å²) in [6, 6.07) is 1.85. The molecule has 1 saturated carbocycles. The minimum absolute atomic E-state index is 0.0505. The molecule has 1 fully saturated rings. The first-order chi connectivity index (χ1) is 12.3. The zero-order chi connectivity index (χ0) is 18.9. The highest BCUT2D eigenvalue weighted by Crippen LogP contribution is 2.45. The molecule has 1 N–H and O–H groups in total. The van der Waals surface area contributed by atoms with Crippen molar-refractivity contribution < 1.29 is 13.2 Å². The molecule has 7 nitrogen and oxygen atoms in total. The van der Waals surface area contributed by atoms with E-state index >= 15 is 0 Å². The first-order valence-electron chi connectivity index (χ1n) is 8.96. The van der Waals surface area contributed by atoms with Gasteiger partial charge in [0.05, 0.1) is 12.4 Å². The van der Waals surface area contributed by atoms with Crippen LogP contribution in [0.3, 0.4) is 0 Å². The Morgan fingerprint density at radius 2 is 2.19 bits per heavy atom. The van der Waals surface area contributed by atoms with E-state index in [2.05, 4.69) is 35.3 Å². The molecule has 0 spiro atoms. The summed E-state index contributed by atoms with van der Waals surface area (Å²) in [5, 5.41) is 8.04. The van der Waals surface area contributed by atoms with E-state index in [0.29, 0.717) is 17.5 Å². The SMILES string of the molecule is C=CCC(CC)C(C)Oc1cc2nnc(NS(C)(=O)=O)n2cc1C1CC1. The van der Waals surface area contributed by atoms with Crippen LogP contribution < -0.4 is 9.46 Å². The van der Waals surface area contributed by atoms with Crippen molar-refractivity contribution in [2.24, 2.45) is 5.92 Å². The van der Waals surface area contributed by atoms with Crippen LogP contribution in [0.15, 0.2) is 24.9 Å². The summed E-state index contributed by atoms with van der Waals surface area (Å²) in [6.07, 6.45) is 9.12. The molecule has 3 rings (SSSR count). The Morgan fingerprint density at radius 3 is 2.77 bits per heavy atom. The molecule has 0 radical (unpaired) electrons. The number of nitrogens with zero attached hydrogens (tertiary/aromatic N) is 3. The maximum atomic E-state index is 11.5. The molecule has 2 atom stereocenters. The van der Waals surface area contributed by atoms with Crippen molar-refractivity contribution >= 4 is 21.6 Å². The highest BCUT2D eigenvalue weighted by Gasteiger charge is 2.29. The number of allylic oxidation sites excluding steroid dienone is 1. The first kappa shape index (κ1) is 18.7. The van der Waals surface area contributed by atoms with Crippen LogP contribution in [0.2, 0.25) is 0 Å². The normalized spacial score (nSPS) is 17.0. The average Bonchev–Trinajstić information content (AvgIpc) is 3.34. The Bertz CT molecular complexity index is 903. The van der Waals surface area contributed by atoms with Gasteiger partial charge in [-0.25, -0.2) is 8.42 Å². The van der Waals surface area contributed by atoms with Gasteiger partial charge in [-0.2, -0.15) is 0 Å². The third kappa shape index (κ3) is 4.17. The van der Waals surface area contributed by atoms with Gasteiger partial charge < -0.3 is 4.74 Å². The second-order valence-corrected chi connectivity index (χ2v) is 8.76. The number of pyridine rings is 1. The van der Waals surface area contributed by atoms with Crippen molar-refractivity contribution in [2.75, 3.05) is 11.0 Å². The van der Waals surface area contributed by atoms with Crippen LogP contribution in [0.5, 0.6) is 5.75 Å². The van der Waals surface area contributed by atoms with Gasteiger partial charge in [0.1, 0.15) is 5.75 Å². The van der Waals surface area contributed by atoms with E-state index in [1.54, 1.807) is 4.40 Å². The lowest BCUT2D eigenvalue weighted by atomic mass is 9.96. The number of hydrogen-bond acceptors (Lipinski definition) is 5. The fourth-order valence-corrected chi connectivity index (χ4v) is 3.64. The van der Waals surface area contributed by atoms with E-state index < -0.39 is 10.0 Å². The summed E-state index contributed by atoms with van der Waals surface area (Å²) in [6.45, 7) is 8.07. The van der Waals surface area contributed by atoms with Crippen molar-refractivity contribution in [1.29, 1.82) is 0 Å². The minimum atomic E-state index is -3.42. The molecule has 1 aliphatic rings. The van der Waals surface area contributed by atoms with E-state index in [4.69, 9.17) is 4.74 Å². The first-order valence-corrected chi connectivity index (χ1v) is 10.9. The van der Waals surface area contributed by atoms with Gasteiger partial charge in [0.25, 0.3) is 0 Å². The van der Waals surface area contributed by atoms with Gasteiger partial charge in [-0.1, -0.05) is 13.0 Å². The molecule has 26 heavy (non-hydrogen) atoms. The summed E-state index contributed by atoms with van der Waals surface area (Å²) >= 11 is 0. The lowest BCUT2D eigenvalue weighted by Crippen LogP contribution is -2.23. The Morgan fingerprint density at radius 1 is 1.46 bits per heavy atom. The highest BCUT2D eigenvalue weighted by molar-refractivity contribution is 7.91. The van der Waals surface area contributed by atoms with Gasteiger partial charge >= 0.3 is 0 Å². The predicted octanol–water partition coefficient (Wildman–Crippen LogP) is 3.35. The molecule has 2 aromatic heterocycles. The van der Waals surface area contributed by atoms with Crippen molar-refractivity contribution in [3.8, 4) is 5.75 Å². The quantitative estimate of drug-likeness (QED) is 0.676. The van der Waals surface area contributed by atoms with Gasteiger partial charge in [0, 0.05) is 17.8 Å². The second-order valence-electron chi connectivity index (χ2n) is 7.01. The van der Waals surface area contributed by atoms with Gasteiger partial charge in [-0.05, 0) is 44.4 Å². The lowest BCUT2D eigenvalue weighted by molar-refractivity contribution is 0.148. The number of ether oxygens (including phenoxy) is 1. The molecular formula is C18H26N4O3S. The molecule has 8 heteroatoms. The molecule has 2 unspecified atom stereocenters. The Hall–Kier alpha value is -2.09. The molecule has 0 bridgehead atoms. The lowest BCUT2D eigenvalue weighted by Gasteiger charge is -2.24. The van der Waals surface area contributed by atoms with E-state index in [1.807, 2.05) is 18.3 Å². The van der Waals surface area contributed by atoms with Gasteiger partial charge in [-0.15, -0.1) is 16.8 Å². The maximum Gasteiger partial charge on any atom is 0.242 e. The van der Waals surface area contributed by atoms with Crippen LogP contribution in [0.4, 0.5) is 5.95 Å². The van der Waals surface area contributed by atoms with Crippen molar-refractivity contribution in [3.05, 3.63) is 30.5 Å². The van der Waals surface area contributed by atoms with Crippen LogP contribution >= 0.6 is 0 Å². The van der Waals surface area contributed by atoms with E-state index in [-0.39, 0.29) is 12.1 Å². The number of fused-ring (bicyclic) bond motifs is 1. The number of sulfonamides is 1. The van der Waals surface area contributed by atoms with E-state index in [0.717, 1.165) is 43.3 Å². The molecule has 0 amide bonds. The van der Waals surface area contributed by atoms with E-state index in [9.17, 15) is 8.42 Å². The van der Waals surface area contributed by atoms with Crippen LogP contribution in [0, 0.1) is 5.92 Å². The topological polar surface area (TPSA) is 85.6 Å². The maximum absolute atomic E-state index is 11.5. The molecule has 142 valence electrons. The molecule has 2 heterocycles. The van der Waals surface area contributed by atoms with Crippen molar-refractivity contribution in [1.82, 2.24) is 14.6 Å². The summed E-state index contributed by atoms with van der Waals surface area (Å²) in [7, 11) is -3.42. The number of anilines is 1. The summed E-state index contributed by atoms with van der Waals surface area (Å²) < 4.78 is 33.4. The van der Waals surface area contributed by atoms with Crippen LogP contribution in [-0.4, -0.2) is 35.4 Å². The Kier molecular flexibility index (Phi) is 5.22.